The Morgan fingerprint density at radius 1 is 1.23 bits per heavy atom. The zero-order chi connectivity index (χ0) is 22.0. The number of hydrogen-bond acceptors (Lipinski definition) is 4. The zero-order valence-corrected chi connectivity index (χ0v) is 17.9. The van der Waals surface area contributed by atoms with E-state index in [-0.39, 0.29) is 18.3 Å². The molecule has 0 radical (unpaired) electrons. The summed E-state index contributed by atoms with van der Waals surface area (Å²) in [5.41, 5.74) is 2.96. The predicted octanol–water partition coefficient (Wildman–Crippen LogP) is 5.46. The molecule has 1 aliphatic rings. The molecule has 0 aliphatic heterocycles. The summed E-state index contributed by atoms with van der Waals surface area (Å²) < 4.78 is 20.4. The Labute approximate surface area is 181 Å². The Morgan fingerprint density at radius 2 is 1.94 bits per heavy atom. The molecule has 2 aromatic carbocycles. The van der Waals surface area contributed by atoms with E-state index in [1.165, 1.54) is 17.7 Å². The first-order valence-electron chi connectivity index (χ1n) is 10.9. The number of aryl methyl sites for hydroxylation is 1. The van der Waals surface area contributed by atoms with Gasteiger partial charge in [-0.15, -0.1) is 0 Å². The average molecular weight is 420 g/mol. The first-order valence-corrected chi connectivity index (χ1v) is 10.9. The minimum absolute atomic E-state index is 0.266. The summed E-state index contributed by atoms with van der Waals surface area (Å²) in [5.74, 6) is -0.406. The van der Waals surface area contributed by atoms with Gasteiger partial charge in [0, 0.05) is 5.39 Å². The van der Waals surface area contributed by atoms with Gasteiger partial charge in [0.05, 0.1) is 29.6 Å². The standard InChI is InChI=1S/C25H26FN3O2/c1-3-22-21-10-5-18(15-23(21)29(28-22)20-8-6-19(26)7-9-20)17-11-13-25(16-27,14-12-17)24(30)31-4-2/h5-10,15,17H,3-4,11-14H2,1-2H3. The first kappa shape index (κ1) is 21.0. The summed E-state index contributed by atoms with van der Waals surface area (Å²) in [4.78, 5) is 12.3. The monoisotopic (exact) mass is 419 g/mol. The van der Waals surface area contributed by atoms with Gasteiger partial charge < -0.3 is 4.74 Å². The number of aromatic nitrogens is 2. The SMILES string of the molecule is CCOC(=O)C1(C#N)CCC(c2ccc3c(CC)nn(-c4ccc(F)cc4)c3c2)CC1. The van der Waals surface area contributed by atoms with Crippen molar-refractivity contribution >= 4 is 16.9 Å². The summed E-state index contributed by atoms with van der Waals surface area (Å²) in [6.07, 6.45) is 3.31. The molecule has 6 heteroatoms. The van der Waals surface area contributed by atoms with Crippen molar-refractivity contribution in [1.82, 2.24) is 9.78 Å². The maximum absolute atomic E-state index is 13.4. The average Bonchev–Trinajstić information content (AvgIpc) is 3.18. The molecular formula is C25H26FN3O2. The number of rotatable bonds is 5. The van der Waals surface area contributed by atoms with Crippen molar-refractivity contribution in [3.63, 3.8) is 0 Å². The van der Waals surface area contributed by atoms with Crippen LogP contribution in [0.25, 0.3) is 16.6 Å². The van der Waals surface area contributed by atoms with Gasteiger partial charge in [-0.3, -0.25) is 4.79 Å². The third kappa shape index (κ3) is 3.81. The third-order valence-electron chi connectivity index (χ3n) is 6.38. The fraction of sp³-hybridized carbons (Fsp3) is 0.400. The van der Waals surface area contributed by atoms with Crippen molar-refractivity contribution in [3.05, 3.63) is 59.5 Å². The lowest BCUT2D eigenvalue weighted by Crippen LogP contribution is -2.35. The molecule has 3 aromatic rings. The van der Waals surface area contributed by atoms with E-state index >= 15 is 0 Å². The minimum Gasteiger partial charge on any atom is -0.465 e. The Balaban J connectivity index is 1.66. The Hall–Kier alpha value is -3.20. The zero-order valence-electron chi connectivity index (χ0n) is 17.9. The van der Waals surface area contributed by atoms with Crippen LogP contribution in [0, 0.1) is 22.6 Å². The van der Waals surface area contributed by atoms with Crippen LogP contribution in [0.5, 0.6) is 0 Å². The minimum atomic E-state index is -1.03. The molecule has 31 heavy (non-hydrogen) atoms. The number of carbonyl (C=O) groups excluding carboxylic acids is 1. The largest absolute Gasteiger partial charge is 0.465 e. The Kier molecular flexibility index (Phi) is 5.77. The van der Waals surface area contributed by atoms with Gasteiger partial charge in [-0.05, 0) is 80.8 Å². The topological polar surface area (TPSA) is 67.9 Å². The van der Waals surface area contributed by atoms with Crippen LogP contribution in [0.3, 0.4) is 0 Å². The van der Waals surface area contributed by atoms with Crippen molar-refractivity contribution < 1.29 is 13.9 Å². The van der Waals surface area contributed by atoms with Crippen LogP contribution in [0.15, 0.2) is 42.5 Å². The van der Waals surface area contributed by atoms with Gasteiger partial charge >= 0.3 is 5.97 Å². The molecule has 0 unspecified atom stereocenters. The highest BCUT2D eigenvalue weighted by Crippen LogP contribution is 2.44. The Morgan fingerprint density at radius 3 is 2.55 bits per heavy atom. The van der Waals surface area contributed by atoms with E-state index in [0.29, 0.717) is 12.8 Å². The van der Waals surface area contributed by atoms with E-state index < -0.39 is 11.4 Å². The van der Waals surface area contributed by atoms with Gasteiger partial charge in [0.15, 0.2) is 5.41 Å². The lowest BCUT2D eigenvalue weighted by molar-refractivity contribution is -0.153. The van der Waals surface area contributed by atoms with Gasteiger partial charge in [0.25, 0.3) is 0 Å². The van der Waals surface area contributed by atoms with Crippen molar-refractivity contribution in [2.45, 2.75) is 51.9 Å². The summed E-state index contributed by atoms with van der Waals surface area (Å²) >= 11 is 0. The maximum Gasteiger partial charge on any atom is 0.326 e. The number of benzene rings is 2. The number of carbonyl (C=O) groups is 1. The number of fused-ring (bicyclic) bond motifs is 1. The molecule has 1 fully saturated rings. The highest BCUT2D eigenvalue weighted by molar-refractivity contribution is 5.84. The molecule has 0 N–H and O–H groups in total. The highest BCUT2D eigenvalue weighted by atomic mass is 19.1. The third-order valence-corrected chi connectivity index (χ3v) is 6.38. The van der Waals surface area contributed by atoms with Crippen LogP contribution >= 0.6 is 0 Å². The van der Waals surface area contributed by atoms with E-state index in [0.717, 1.165) is 41.5 Å². The summed E-state index contributed by atoms with van der Waals surface area (Å²) in [5, 5.41) is 15.5. The van der Waals surface area contributed by atoms with Gasteiger partial charge in [-0.2, -0.15) is 10.4 Å². The smallest absolute Gasteiger partial charge is 0.326 e. The second kappa shape index (κ2) is 8.50. The van der Waals surface area contributed by atoms with Gasteiger partial charge in [-0.25, -0.2) is 9.07 Å². The van der Waals surface area contributed by atoms with Gasteiger partial charge in [-0.1, -0.05) is 19.1 Å². The van der Waals surface area contributed by atoms with Crippen LogP contribution < -0.4 is 0 Å². The van der Waals surface area contributed by atoms with E-state index in [4.69, 9.17) is 9.84 Å². The van der Waals surface area contributed by atoms with Crippen LogP contribution in [-0.4, -0.2) is 22.4 Å². The molecule has 160 valence electrons. The molecule has 1 heterocycles. The fourth-order valence-electron chi connectivity index (χ4n) is 4.57. The molecule has 0 amide bonds. The van der Waals surface area contributed by atoms with E-state index in [2.05, 4.69) is 31.2 Å². The number of esters is 1. The first-order chi connectivity index (χ1) is 15.0. The molecular weight excluding hydrogens is 393 g/mol. The van der Waals surface area contributed by atoms with Crippen molar-refractivity contribution in [3.8, 4) is 11.8 Å². The second-order valence-corrected chi connectivity index (χ2v) is 8.15. The quantitative estimate of drug-likeness (QED) is 0.515. The van der Waals surface area contributed by atoms with Crippen LogP contribution in [0.2, 0.25) is 0 Å². The van der Waals surface area contributed by atoms with Crippen LogP contribution in [0.4, 0.5) is 4.39 Å². The lowest BCUT2D eigenvalue weighted by Gasteiger charge is -2.33. The second-order valence-electron chi connectivity index (χ2n) is 8.15. The Bertz CT molecular complexity index is 1140. The van der Waals surface area contributed by atoms with Gasteiger partial charge in [0.1, 0.15) is 5.82 Å². The molecule has 1 aromatic heterocycles. The van der Waals surface area contributed by atoms with E-state index in [9.17, 15) is 14.4 Å². The molecule has 4 rings (SSSR count). The maximum atomic E-state index is 13.4. The molecule has 0 bridgehead atoms. The summed E-state index contributed by atoms with van der Waals surface area (Å²) in [6.45, 7) is 4.12. The number of hydrogen-bond donors (Lipinski definition) is 0. The van der Waals surface area contributed by atoms with Gasteiger partial charge in [0.2, 0.25) is 0 Å². The molecule has 0 atom stereocenters. The van der Waals surface area contributed by atoms with E-state index in [1.807, 2.05) is 4.68 Å². The molecule has 1 aliphatic carbocycles. The molecule has 5 nitrogen and oxygen atoms in total. The predicted molar refractivity (Wildman–Crippen MR) is 116 cm³/mol. The van der Waals surface area contributed by atoms with Crippen molar-refractivity contribution in [1.29, 1.82) is 5.26 Å². The van der Waals surface area contributed by atoms with Crippen molar-refractivity contribution in [2.75, 3.05) is 6.61 Å². The van der Waals surface area contributed by atoms with Crippen molar-refractivity contribution in [2.24, 2.45) is 5.41 Å². The highest BCUT2D eigenvalue weighted by Gasteiger charge is 2.43. The summed E-state index contributed by atoms with van der Waals surface area (Å²) in [6, 6.07) is 15.0. The lowest BCUT2D eigenvalue weighted by atomic mass is 9.69. The summed E-state index contributed by atoms with van der Waals surface area (Å²) in [7, 11) is 0. The molecule has 0 spiro atoms. The molecule has 1 saturated carbocycles. The fourth-order valence-corrected chi connectivity index (χ4v) is 4.57. The molecule has 0 saturated heterocycles. The number of halogens is 1. The number of nitrogens with zero attached hydrogens (tertiary/aromatic N) is 3. The van der Waals surface area contributed by atoms with Crippen LogP contribution in [-0.2, 0) is 16.0 Å². The van der Waals surface area contributed by atoms with E-state index in [1.54, 1.807) is 19.1 Å². The number of ether oxygens (including phenoxy) is 1. The van der Waals surface area contributed by atoms with Crippen LogP contribution in [0.1, 0.15) is 56.7 Å². The normalized spacial score (nSPS) is 21.0. The number of nitriles is 1.